The van der Waals surface area contributed by atoms with Gasteiger partial charge in [0.1, 0.15) is 0 Å². The number of hydrogen-bond acceptors (Lipinski definition) is 3. The highest BCUT2D eigenvalue weighted by molar-refractivity contribution is 5.88. The lowest BCUT2D eigenvalue weighted by molar-refractivity contribution is -0.143. The number of rotatable bonds is 8. The molecule has 4 nitrogen and oxygen atoms in total. The Morgan fingerprint density at radius 1 is 1.21 bits per heavy atom. The fourth-order valence-corrected chi connectivity index (χ4v) is 1.54. The van der Waals surface area contributed by atoms with Crippen LogP contribution in [0.4, 0.5) is 0 Å². The molecule has 0 aromatic carbocycles. The van der Waals surface area contributed by atoms with Gasteiger partial charge in [-0.15, -0.1) is 0 Å². The molecule has 0 aliphatic heterocycles. The predicted octanol–water partition coefficient (Wildman–Crippen LogP) is 2.78. The molecule has 0 atom stereocenters. The van der Waals surface area contributed by atoms with Gasteiger partial charge in [0, 0.05) is 19.2 Å². The Labute approximate surface area is 116 Å². The summed E-state index contributed by atoms with van der Waals surface area (Å²) >= 11 is 0. The molecule has 0 aromatic rings. The highest BCUT2D eigenvalue weighted by Gasteiger charge is 2.14. The Morgan fingerprint density at radius 3 is 2.32 bits per heavy atom. The van der Waals surface area contributed by atoms with E-state index >= 15 is 0 Å². The predicted molar refractivity (Wildman–Crippen MR) is 76.7 cm³/mol. The van der Waals surface area contributed by atoms with Gasteiger partial charge in [-0.25, -0.2) is 0 Å². The SMILES string of the molecule is CCOC(=O)CCN(CCC(C)C)C(=O)C=C(C)C. The number of carbonyl (C=O) groups excluding carboxylic acids is 2. The standard InChI is InChI=1S/C15H27NO3/c1-6-19-15(18)8-10-16(9-7-12(2)3)14(17)11-13(4)5/h11-12H,6-10H2,1-5H3. The number of carbonyl (C=O) groups is 2. The van der Waals surface area contributed by atoms with Crippen LogP contribution in [-0.4, -0.2) is 36.5 Å². The molecule has 1 amide bonds. The van der Waals surface area contributed by atoms with Crippen molar-refractivity contribution in [1.29, 1.82) is 0 Å². The molecule has 110 valence electrons. The van der Waals surface area contributed by atoms with Gasteiger partial charge in [-0.1, -0.05) is 19.4 Å². The first-order valence-corrected chi connectivity index (χ1v) is 6.96. The number of hydrogen-bond donors (Lipinski definition) is 0. The van der Waals surface area contributed by atoms with Crippen molar-refractivity contribution in [1.82, 2.24) is 4.90 Å². The van der Waals surface area contributed by atoms with Crippen molar-refractivity contribution in [3.8, 4) is 0 Å². The third-order valence-corrected chi connectivity index (χ3v) is 2.59. The fraction of sp³-hybridized carbons (Fsp3) is 0.733. The Morgan fingerprint density at radius 2 is 1.84 bits per heavy atom. The van der Waals surface area contributed by atoms with Gasteiger partial charge in [0.05, 0.1) is 13.0 Å². The molecule has 0 fully saturated rings. The van der Waals surface area contributed by atoms with Crippen LogP contribution in [0.2, 0.25) is 0 Å². The molecule has 0 aliphatic carbocycles. The van der Waals surface area contributed by atoms with Crippen molar-refractivity contribution in [2.24, 2.45) is 5.92 Å². The fourth-order valence-electron chi connectivity index (χ4n) is 1.54. The first-order chi connectivity index (χ1) is 8.86. The summed E-state index contributed by atoms with van der Waals surface area (Å²) in [4.78, 5) is 25.1. The van der Waals surface area contributed by atoms with Crippen LogP contribution in [0.25, 0.3) is 0 Å². The van der Waals surface area contributed by atoms with Crippen LogP contribution in [0.3, 0.4) is 0 Å². The normalized spacial score (nSPS) is 10.2. The van der Waals surface area contributed by atoms with E-state index in [0.717, 1.165) is 12.0 Å². The monoisotopic (exact) mass is 269 g/mol. The number of esters is 1. The van der Waals surface area contributed by atoms with E-state index in [9.17, 15) is 9.59 Å². The van der Waals surface area contributed by atoms with Crippen molar-refractivity contribution < 1.29 is 14.3 Å². The summed E-state index contributed by atoms with van der Waals surface area (Å²) in [5.74, 6) is 0.261. The maximum absolute atomic E-state index is 12.0. The molecule has 0 radical (unpaired) electrons. The van der Waals surface area contributed by atoms with Crippen molar-refractivity contribution in [2.75, 3.05) is 19.7 Å². The number of allylic oxidation sites excluding steroid dienone is 1. The molecule has 0 bridgehead atoms. The van der Waals surface area contributed by atoms with Crippen molar-refractivity contribution >= 4 is 11.9 Å². The summed E-state index contributed by atoms with van der Waals surface area (Å²) in [7, 11) is 0. The van der Waals surface area contributed by atoms with Crippen LogP contribution in [-0.2, 0) is 14.3 Å². The summed E-state index contributed by atoms with van der Waals surface area (Å²) in [5.41, 5.74) is 0.968. The second-order valence-corrected chi connectivity index (χ2v) is 5.28. The molecule has 0 saturated heterocycles. The smallest absolute Gasteiger partial charge is 0.307 e. The van der Waals surface area contributed by atoms with Gasteiger partial charge in [0.25, 0.3) is 0 Å². The van der Waals surface area contributed by atoms with Crippen LogP contribution in [0, 0.1) is 5.92 Å². The zero-order valence-corrected chi connectivity index (χ0v) is 12.9. The summed E-state index contributed by atoms with van der Waals surface area (Å²) < 4.78 is 4.89. The molecule has 19 heavy (non-hydrogen) atoms. The summed E-state index contributed by atoms with van der Waals surface area (Å²) in [6, 6.07) is 0. The molecule has 0 rings (SSSR count). The minimum Gasteiger partial charge on any atom is -0.466 e. The van der Waals surface area contributed by atoms with Crippen LogP contribution in [0.1, 0.15) is 47.5 Å². The number of ether oxygens (including phenoxy) is 1. The number of amides is 1. The van der Waals surface area contributed by atoms with E-state index in [1.165, 1.54) is 0 Å². The third-order valence-electron chi connectivity index (χ3n) is 2.59. The summed E-state index contributed by atoms with van der Waals surface area (Å²) in [6.45, 7) is 11.3. The molecular formula is C15H27NO3. The lowest BCUT2D eigenvalue weighted by Crippen LogP contribution is -2.33. The third kappa shape index (κ3) is 9.28. The van der Waals surface area contributed by atoms with Gasteiger partial charge < -0.3 is 9.64 Å². The Hall–Kier alpha value is -1.32. The van der Waals surface area contributed by atoms with Gasteiger partial charge >= 0.3 is 5.97 Å². The van der Waals surface area contributed by atoms with E-state index in [2.05, 4.69) is 13.8 Å². The average molecular weight is 269 g/mol. The molecule has 0 aromatic heterocycles. The lowest BCUT2D eigenvalue weighted by atomic mass is 10.1. The van der Waals surface area contributed by atoms with Gasteiger partial charge in [-0.3, -0.25) is 9.59 Å². The van der Waals surface area contributed by atoms with Gasteiger partial charge in [0.15, 0.2) is 0 Å². The minimum atomic E-state index is -0.248. The maximum atomic E-state index is 12.0. The molecule has 0 N–H and O–H groups in total. The van der Waals surface area contributed by atoms with Crippen molar-refractivity contribution in [3.05, 3.63) is 11.6 Å². The van der Waals surface area contributed by atoms with Crippen LogP contribution in [0.15, 0.2) is 11.6 Å². The second-order valence-electron chi connectivity index (χ2n) is 5.28. The van der Waals surface area contributed by atoms with Crippen molar-refractivity contribution in [3.63, 3.8) is 0 Å². The first kappa shape index (κ1) is 17.7. The van der Waals surface area contributed by atoms with E-state index in [1.807, 2.05) is 13.8 Å². The molecule has 0 unspecified atom stereocenters. The van der Waals surface area contributed by atoms with E-state index in [0.29, 0.717) is 25.6 Å². The van der Waals surface area contributed by atoms with Crippen LogP contribution >= 0.6 is 0 Å². The Kier molecular flexibility index (Phi) is 8.92. The highest BCUT2D eigenvalue weighted by Crippen LogP contribution is 2.05. The Balaban J connectivity index is 4.45. The van der Waals surface area contributed by atoms with Gasteiger partial charge in [0.2, 0.25) is 5.91 Å². The lowest BCUT2D eigenvalue weighted by Gasteiger charge is -2.22. The van der Waals surface area contributed by atoms with Crippen molar-refractivity contribution in [2.45, 2.75) is 47.5 Å². The van der Waals surface area contributed by atoms with E-state index in [1.54, 1.807) is 17.9 Å². The van der Waals surface area contributed by atoms with Crippen LogP contribution in [0.5, 0.6) is 0 Å². The Bertz CT molecular complexity index is 317. The topological polar surface area (TPSA) is 46.6 Å². The molecule has 4 heteroatoms. The largest absolute Gasteiger partial charge is 0.466 e. The summed E-state index contributed by atoms with van der Waals surface area (Å²) in [6.07, 6.45) is 2.81. The summed E-state index contributed by atoms with van der Waals surface area (Å²) in [5, 5.41) is 0. The minimum absolute atomic E-state index is 0.0232. The first-order valence-electron chi connectivity index (χ1n) is 6.96. The number of nitrogens with zero attached hydrogens (tertiary/aromatic N) is 1. The molecule has 0 saturated carbocycles. The molecule has 0 aliphatic rings. The van der Waals surface area contributed by atoms with E-state index in [4.69, 9.17) is 4.74 Å². The molecule has 0 spiro atoms. The molecular weight excluding hydrogens is 242 g/mol. The highest BCUT2D eigenvalue weighted by atomic mass is 16.5. The zero-order chi connectivity index (χ0) is 14.8. The van der Waals surface area contributed by atoms with E-state index in [-0.39, 0.29) is 18.3 Å². The average Bonchev–Trinajstić information content (AvgIpc) is 2.27. The maximum Gasteiger partial charge on any atom is 0.307 e. The van der Waals surface area contributed by atoms with Gasteiger partial charge in [-0.2, -0.15) is 0 Å². The molecule has 0 heterocycles. The second kappa shape index (κ2) is 9.59. The van der Waals surface area contributed by atoms with Crippen LogP contribution < -0.4 is 0 Å². The quantitative estimate of drug-likeness (QED) is 0.503. The zero-order valence-electron chi connectivity index (χ0n) is 12.9. The van der Waals surface area contributed by atoms with Gasteiger partial charge in [-0.05, 0) is 33.1 Å². The van der Waals surface area contributed by atoms with E-state index < -0.39 is 0 Å².